The van der Waals surface area contributed by atoms with E-state index in [1.165, 1.54) is 0 Å². The van der Waals surface area contributed by atoms with Crippen molar-refractivity contribution in [3.8, 4) is 45.0 Å². The zero-order valence-electron chi connectivity index (χ0n) is 20.2. The highest BCUT2D eigenvalue weighted by atomic mass is 35.5. The average molecular weight is 510 g/mol. The van der Waals surface area contributed by atoms with Crippen LogP contribution in [0.1, 0.15) is 0 Å². The first kappa shape index (κ1) is 22.4. The Bertz CT molecular complexity index is 1930. The van der Waals surface area contributed by atoms with Crippen LogP contribution in [0.2, 0.25) is 5.28 Å². The molecule has 0 spiro atoms. The molecule has 5 heteroatoms. The first-order valence-electron chi connectivity index (χ1n) is 12.3. The van der Waals surface area contributed by atoms with E-state index >= 15 is 0 Å². The Morgan fingerprint density at radius 1 is 0.474 bits per heavy atom. The molecule has 0 radical (unpaired) electrons. The maximum absolute atomic E-state index is 6.42. The van der Waals surface area contributed by atoms with Gasteiger partial charge >= 0.3 is 0 Å². The highest BCUT2D eigenvalue weighted by molar-refractivity contribution is 6.28. The predicted molar refractivity (Wildman–Crippen MR) is 154 cm³/mol. The van der Waals surface area contributed by atoms with Crippen molar-refractivity contribution in [2.45, 2.75) is 0 Å². The Hall–Kier alpha value is -4.80. The normalized spacial score (nSPS) is 11.3. The van der Waals surface area contributed by atoms with Gasteiger partial charge in [0.1, 0.15) is 11.2 Å². The smallest absolute Gasteiger partial charge is 0.226 e. The minimum absolute atomic E-state index is 0.150. The van der Waals surface area contributed by atoms with Crippen molar-refractivity contribution >= 4 is 33.5 Å². The van der Waals surface area contributed by atoms with E-state index in [-0.39, 0.29) is 5.28 Å². The quantitative estimate of drug-likeness (QED) is 0.237. The molecule has 0 unspecified atom stereocenters. The molecule has 0 aliphatic rings. The van der Waals surface area contributed by atoms with E-state index in [1.807, 2.05) is 72.8 Å². The molecule has 0 N–H and O–H groups in total. The first-order valence-corrected chi connectivity index (χ1v) is 12.7. The van der Waals surface area contributed by atoms with E-state index in [2.05, 4.69) is 58.5 Å². The van der Waals surface area contributed by atoms with Crippen LogP contribution in [-0.4, -0.2) is 15.0 Å². The fourth-order valence-electron chi connectivity index (χ4n) is 4.90. The first-order chi connectivity index (χ1) is 18.7. The van der Waals surface area contributed by atoms with Gasteiger partial charge in [0, 0.05) is 21.9 Å². The lowest BCUT2D eigenvalue weighted by atomic mass is 9.99. The van der Waals surface area contributed by atoms with Gasteiger partial charge in [-0.25, -0.2) is 4.98 Å². The van der Waals surface area contributed by atoms with Gasteiger partial charge in [-0.05, 0) is 64.2 Å². The van der Waals surface area contributed by atoms with Crippen LogP contribution in [0.5, 0.6) is 0 Å². The summed E-state index contributed by atoms with van der Waals surface area (Å²) < 4.78 is 6.20. The van der Waals surface area contributed by atoms with Crippen molar-refractivity contribution in [2.75, 3.05) is 0 Å². The summed E-state index contributed by atoms with van der Waals surface area (Å²) in [6, 6.07) is 40.8. The molecule has 0 aliphatic heterocycles. The molecule has 0 bridgehead atoms. The van der Waals surface area contributed by atoms with E-state index in [1.54, 1.807) is 0 Å². The molecule has 0 fully saturated rings. The molecule has 4 nitrogen and oxygen atoms in total. The van der Waals surface area contributed by atoms with Crippen LogP contribution in [0, 0.1) is 0 Å². The van der Waals surface area contributed by atoms with E-state index < -0.39 is 0 Å². The molecule has 0 saturated heterocycles. The molecule has 180 valence electrons. The second kappa shape index (κ2) is 9.25. The van der Waals surface area contributed by atoms with Gasteiger partial charge in [0.05, 0.1) is 0 Å². The molecule has 2 heterocycles. The summed E-state index contributed by atoms with van der Waals surface area (Å²) in [6.45, 7) is 0. The Balaban J connectivity index is 1.36. The molecule has 5 aromatic carbocycles. The number of nitrogens with zero attached hydrogens (tertiary/aromatic N) is 3. The number of benzene rings is 5. The van der Waals surface area contributed by atoms with E-state index in [0.717, 1.165) is 55.3 Å². The third kappa shape index (κ3) is 4.01. The lowest BCUT2D eigenvalue weighted by molar-refractivity contribution is 0.669. The van der Waals surface area contributed by atoms with Crippen LogP contribution in [0.25, 0.3) is 67.0 Å². The summed E-state index contributed by atoms with van der Waals surface area (Å²) >= 11 is 6.42. The van der Waals surface area contributed by atoms with Gasteiger partial charge in [0.15, 0.2) is 11.6 Å². The van der Waals surface area contributed by atoms with Crippen molar-refractivity contribution in [1.82, 2.24) is 15.0 Å². The molecule has 7 aromatic rings. The van der Waals surface area contributed by atoms with Crippen LogP contribution in [0.4, 0.5) is 0 Å². The van der Waals surface area contributed by atoms with Crippen molar-refractivity contribution in [2.24, 2.45) is 0 Å². The maximum Gasteiger partial charge on any atom is 0.226 e. The van der Waals surface area contributed by atoms with Crippen molar-refractivity contribution in [1.29, 1.82) is 0 Å². The minimum atomic E-state index is 0.150. The van der Waals surface area contributed by atoms with Crippen LogP contribution in [0.15, 0.2) is 126 Å². The number of hydrogen-bond acceptors (Lipinski definition) is 4. The van der Waals surface area contributed by atoms with Gasteiger partial charge in [0.25, 0.3) is 0 Å². The van der Waals surface area contributed by atoms with Crippen LogP contribution in [0.3, 0.4) is 0 Å². The lowest BCUT2D eigenvalue weighted by Gasteiger charge is -2.08. The molecular weight excluding hydrogens is 490 g/mol. The van der Waals surface area contributed by atoms with Gasteiger partial charge in [-0.2, -0.15) is 9.97 Å². The summed E-state index contributed by atoms with van der Waals surface area (Å²) in [4.78, 5) is 13.7. The molecule has 7 rings (SSSR count). The van der Waals surface area contributed by atoms with E-state index in [0.29, 0.717) is 11.6 Å². The molecule has 0 saturated carbocycles. The number of aromatic nitrogens is 3. The minimum Gasteiger partial charge on any atom is -0.456 e. The van der Waals surface area contributed by atoms with E-state index in [9.17, 15) is 0 Å². The van der Waals surface area contributed by atoms with Gasteiger partial charge in [-0.15, -0.1) is 0 Å². The summed E-state index contributed by atoms with van der Waals surface area (Å²) in [7, 11) is 0. The predicted octanol–water partition coefficient (Wildman–Crippen LogP) is 9.09. The monoisotopic (exact) mass is 509 g/mol. The van der Waals surface area contributed by atoms with Crippen LogP contribution < -0.4 is 0 Å². The molecular formula is C33H20ClN3O. The Labute approximate surface area is 224 Å². The molecule has 0 aliphatic carbocycles. The summed E-state index contributed by atoms with van der Waals surface area (Å²) in [5.74, 6) is 1.04. The summed E-state index contributed by atoms with van der Waals surface area (Å²) in [6.07, 6.45) is 0. The highest BCUT2D eigenvalue weighted by Crippen LogP contribution is 2.38. The summed E-state index contributed by atoms with van der Waals surface area (Å²) in [5.41, 5.74) is 7.82. The SMILES string of the molecule is Clc1nc(-c2cccc(-c3ccccc3)c2)nc(-c2ccc3oc4cccc(-c5ccccc5)c4c3c2)n1. The second-order valence-corrected chi connectivity index (χ2v) is 9.39. The highest BCUT2D eigenvalue weighted by Gasteiger charge is 2.16. The fraction of sp³-hybridized carbons (Fsp3) is 0. The zero-order chi connectivity index (χ0) is 25.5. The van der Waals surface area contributed by atoms with Crippen molar-refractivity contribution in [3.05, 3.63) is 127 Å². The molecule has 38 heavy (non-hydrogen) atoms. The fourth-order valence-corrected chi connectivity index (χ4v) is 5.06. The lowest BCUT2D eigenvalue weighted by Crippen LogP contribution is -1.97. The molecule has 0 amide bonds. The van der Waals surface area contributed by atoms with Gasteiger partial charge in [-0.3, -0.25) is 0 Å². The standard InChI is InChI=1S/C33H20ClN3O/c34-33-36-31(24-14-7-13-23(19-24)21-9-3-1-4-10-21)35-32(37-33)25-17-18-28-27(20-25)30-26(15-8-16-29(30)38-28)22-11-5-2-6-12-22/h1-20H. The summed E-state index contributed by atoms with van der Waals surface area (Å²) in [5, 5.41) is 2.21. The van der Waals surface area contributed by atoms with Gasteiger partial charge in [0.2, 0.25) is 5.28 Å². The Kier molecular flexibility index (Phi) is 5.46. The number of rotatable bonds is 4. The number of halogens is 1. The topological polar surface area (TPSA) is 51.8 Å². The number of hydrogen-bond donors (Lipinski definition) is 0. The van der Waals surface area contributed by atoms with Crippen molar-refractivity contribution in [3.63, 3.8) is 0 Å². The third-order valence-corrected chi connectivity index (χ3v) is 6.84. The maximum atomic E-state index is 6.42. The number of fused-ring (bicyclic) bond motifs is 3. The van der Waals surface area contributed by atoms with Gasteiger partial charge < -0.3 is 4.42 Å². The second-order valence-electron chi connectivity index (χ2n) is 9.06. The van der Waals surface area contributed by atoms with Crippen LogP contribution in [-0.2, 0) is 0 Å². The largest absolute Gasteiger partial charge is 0.456 e. The Morgan fingerprint density at radius 2 is 1.11 bits per heavy atom. The Morgan fingerprint density at radius 3 is 1.87 bits per heavy atom. The van der Waals surface area contributed by atoms with Crippen LogP contribution >= 0.6 is 11.6 Å². The molecule has 2 aromatic heterocycles. The zero-order valence-corrected chi connectivity index (χ0v) is 20.9. The number of furan rings is 1. The average Bonchev–Trinajstić information content (AvgIpc) is 3.36. The van der Waals surface area contributed by atoms with Crippen molar-refractivity contribution < 1.29 is 4.42 Å². The van der Waals surface area contributed by atoms with Gasteiger partial charge in [-0.1, -0.05) is 91.0 Å². The third-order valence-electron chi connectivity index (χ3n) is 6.67. The van der Waals surface area contributed by atoms with E-state index in [4.69, 9.17) is 21.0 Å². The molecule has 0 atom stereocenters.